The summed E-state index contributed by atoms with van der Waals surface area (Å²) in [6.45, 7) is 4.06. The van der Waals surface area contributed by atoms with Crippen molar-refractivity contribution < 1.29 is 0 Å². The van der Waals surface area contributed by atoms with E-state index < -0.39 is 0 Å². The number of hydrogen-bond acceptors (Lipinski definition) is 3. The molecular weight excluding hydrogens is 192 g/mol. The SMILES string of the molecule is CCCCN(C)C(CN)c1ccsc1. The summed E-state index contributed by atoms with van der Waals surface area (Å²) in [6.07, 6.45) is 2.49. The van der Waals surface area contributed by atoms with Crippen molar-refractivity contribution in [3.05, 3.63) is 22.4 Å². The van der Waals surface area contributed by atoms with Crippen molar-refractivity contribution in [2.24, 2.45) is 5.73 Å². The number of rotatable bonds is 6. The molecule has 0 aliphatic heterocycles. The Kier molecular flexibility index (Phi) is 5.15. The maximum Gasteiger partial charge on any atom is 0.0475 e. The molecule has 0 aliphatic rings. The van der Waals surface area contributed by atoms with Crippen LogP contribution in [-0.4, -0.2) is 25.0 Å². The topological polar surface area (TPSA) is 29.3 Å². The van der Waals surface area contributed by atoms with E-state index in [0.717, 1.165) is 6.54 Å². The van der Waals surface area contributed by atoms with Crippen molar-refractivity contribution in [1.29, 1.82) is 0 Å². The summed E-state index contributed by atoms with van der Waals surface area (Å²) in [5.74, 6) is 0. The van der Waals surface area contributed by atoms with Crippen LogP contribution in [0.25, 0.3) is 0 Å². The summed E-state index contributed by atoms with van der Waals surface area (Å²) in [5, 5.41) is 4.31. The Hall–Kier alpha value is -0.380. The monoisotopic (exact) mass is 212 g/mol. The molecule has 0 aromatic carbocycles. The van der Waals surface area contributed by atoms with Crippen LogP contribution in [0.2, 0.25) is 0 Å². The lowest BCUT2D eigenvalue weighted by molar-refractivity contribution is 0.247. The summed E-state index contributed by atoms with van der Waals surface area (Å²) in [4.78, 5) is 2.35. The number of thiophene rings is 1. The van der Waals surface area contributed by atoms with E-state index >= 15 is 0 Å². The van der Waals surface area contributed by atoms with Gasteiger partial charge >= 0.3 is 0 Å². The molecule has 1 aromatic rings. The van der Waals surface area contributed by atoms with Gasteiger partial charge in [0.15, 0.2) is 0 Å². The number of likely N-dealkylation sites (N-methyl/N-ethyl adjacent to an activating group) is 1. The zero-order chi connectivity index (χ0) is 10.4. The van der Waals surface area contributed by atoms with Gasteiger partial charge < -0.3 is 5.73 Å². The molecule has 0 amide bonds. The largest absolute Gasteiger partial charge is 0.329 e. The molecule has 0 saturated carbocycles. The fraction of sp³-hybridized carbons (Fsp3) is 0.636. The summed E-state index contributed by atoms with van der Waals surface area (Å²) in [5.41, 5.74) is 7.16. The smallest absolute Gasteiger partial charge is 0.0475 e. The molecule has 0 radical (unpaired) electrons. The number of unbranched alkanes of at least 4 members (excludes halogenated alkanes) is 1. The summed E-state index contributed by atoms with van der Waals surface area (Å²) < 4.78 is 0. The third-order valence-corrected chi connectivity index (χ3v) is 3.25. The first kappa shape index (κ1) is 11.7. The van der Waals surface area contributed by atoms with E-state index in [1.54, 1.807) is 11.3 Å². The highest BCUT2D eigenvalue weighted by molar-refractivity contribution is 7.07. The molecule has 3 heteroatoms. The van der Waals surface area contributed by atoms with Crippen LogP contribution in [0.1, 0.15) is 31.4 Å². The standard InChI is InChI=1S/C11H20N2S/c1-3-4-6-13(2)11(8-12)10-5-7-14-9-10/h5,7,9,11H,3-4,6,8,12H2,1-2H3. The van der Waals surface area contributed by atoms with E-state index in [2.05, 4.69) is 35.7 Å². The van der Waals surface area contributed by atoms with Gasteiger partial charge in [0.25, 0.3) is 0 Å². The van der Waals surface area contributed by atoms with Gasteiger partial charge in [0, 0.05) is 12.6 Å². The van der Waals surface area contributed by atoms with Crippen molar-refractivity contribution in [2.75, 3.05) is 20.1 Å². The Bertz CT molecular complexity index is 233. The Balaban J connectivity index is 2.53. The van der Waals surface area contributed by atoms with E-state index in [-0.39, 0.29) is 0 Å². The minimum absolute atomic E-state index is 0.396. The van der Waals surface area contributed by atoms with E-state index in [0.29, 0.717) is 12.6 Å². The molecule has 0 fully saturated rings. The first-order chi connectivity index (χ1) is 6.79. The van der Waals surface area contributed by atoms with Crippen LogP contribution < -0.4 is 5.73 Å². The third-order valence-electron chi connectivity index (χ3n) is 2.55. The minimum Gasteiger partial charge on any atom is -0.329 e. The molecule has 2 nitrogen and oxygen atoms in total. The van der Waals surface area contributed by atoms with Gasteiger partial charge in [0.05, 0.1) is 0 Å². The maximum absolute atomic E-state index is 5.80. The van der Waals surface area contributed by atoms with Gasteiger partial charge in [0.1, 0.15) is 0 Å². The van der Waals surface area contributed by atoms with Crippen LogP contribution in [-0.2, 0) is 0 Å². The molecule has 1 aromatic heterocycles. The lowest BCUT2D eigenvalue weighted by atomic mass is 10.1. The van der Waals surface area contributed by atoms with Crippen LogP contribution in [0.4, 0.5) is 0 Å². The van der Waals surface area contributed by atoms with Crippen molar-refractivity contribution in [2.45, 2.75) is 25.8 Å². The van der Waals surface area contributed by atoms with Crippen LogP contribution in [0.5, 0.6) is 0 Å². The number of nitrogens with two attached hydrogens (primary N) is 1. The molecule has 1 unspecified atom stereocenters. The second-order valence-electron chi connectivity index (χ2n) is 3.64. The lowest BCUT2D eigenvalue weighted by Crippen LogP contribution is -2.30. The maximum atomic E-state index is 5.80. The molecule has 14 heavy (non-hydrogen) atoms. The van der Waals surface area contributed by atoms with Crippen molar-refractivity contribution in [1.82, 2.24) is 4.90 Å². The average Bonchev–Trinajstić information content (AvgIpc) is 2.69. The van der Waals surface area contributed by atoms with Gasteiger partial charge in [-0.05, 0) is 42.4 Å². The van der Waals surface area contributed by atoms with Crippen LogP contribution >= 0.6 is 11.3 Å². The number of nitrogens with zero attached hydrogens (tertiary/aromatic N) is 1. The normalized spacial score (nSPS) is 13.4. The van der Waals surface area contributed by atoms with E-state index in [1.165, 1.54) is 18.4 Å². The average molecular weight is 212 g/mol. The Labute approximate surface area is 90.7 Å². The Morgan fingerprint density at radius 1 is 1.57 bits per heavy atom. The zero-order valence-corrected chi connectivity index (χ0v) is 9.89. The van der Waals surface area contributed by atoms with E-state index in [9.17, 15) is 0 Å². The lowest BCUT2D eigenvalue weighted by Gasteiger charge is -2.26. The quantitative estimate of drug-likeness (QED) is 0.785. The molecule has 2 N–H and O–H groups in total. The Morgan fingerprint density at radius 2 is 2.36 bits per heavy atom. The van der Waals surface area contributed by atoms with Gasteiger partial charge in [-0.3, -0.25) is 4.90 Å². The fourth-order valence-electron chi connectivity index (χ4n) is 1.60. The molecule has 0 aliphatic carbocycles. The van der Waals surface area contributed by atoms with E-state index in [4.69, 9.17) is 5.73 Å². The molecular formula is C11H20N2S. The van der Waals surface area contributed by atoms with Crippen LogP contribution in [0, 0.1) is 0 Å². The molecule has 0 bridgehead atoms. The van der Waals surface area contributed by atoms with Gasteiger partial charge in [0.2, 0.25) is 0 Å². The predicted octanol–water partition coefficient (Wildman–Crippen LogP) is 2.48. The molecule has 1 heterocycles. The minimum atomic E-state index is 0.396. The van der Waals surface area contributed by atoms with Crippen LogP contribution in [0.15, 0.2) is 16.8 Å². The summed E-state index contributed by atoms with van der Waals surface area (Å²) >= 11 is 1.74. The molecule has 0 saturated heterocycles. The third kappa shape index (κ3) is 3.08. The zero-order valence-electron chi connectivity index (χ0n) is 9.07. The number of hydrogen-bond donors (Lipinski definition) is 1. The van der Waals surface area contributed by atoms with Gasteiger partial charge in [-0.25, -0.2) is 0 Å². The molecule has 80 valence electrons. The summed E-state index contributed by atoms with van der Waals surface area (Å²) in [7, 11) is 2.16. The highest BCUT2D eigenvalue weighted by Gasteiger charge is 2.14. The highest BCUT2D eigenvalue weighted by Crippen LogP contribution is 2.20. The summed E-state index contributed by atoms with van der Waals surface area (Å²) in [6, 6.07) is 2.57. The van der Waals surface area contributed by atoms with Crippen molar-refractivity contribution in [3.8, 4) is 0 Å². The predicted molar refractivity (Wildman–Crippen MR) is 63.7 cm³/mol. The molecule has 1 atom stereocenters. The second-order valence-corrected chi connectivity index (χ2v) is 4.42. The fourth-order valence-corrected chi connectivity index (χ4v) is 2.31. The Morgan fingerprint density at radius 3 is 2.86 bits per heavy atom. The van der Waals surface area contributed by atoms with Crippen molar-refractivity contribution in [3.63, 3.8) is 0 Å². The van der Waals surface area contributed by atoms with Gasteiger partial charge in [-0.2, -0.15) is 11.3 Å². The first-order valence-electron chi connectivity index (χ1n) is 5.22. The highest BCUT2D eigenvalue weighted by atomic mass is 32.1. The second kappa shape index (κ2) is 6.17. The first-order valence-corrected chi connectivity index (χ1v) is 6.16. The van der Waals surface area contributed by atoms with Crippen LogP contribution in [0.3, 0.4) is 0 Å². The molecule has 1 rings (SSSR count). The van der Waals surface area contributed by atoms with E-state index in [1.807, 2.05) is 0 Å². The van der Waals surface area contributed by atoms with Gasteiger partial charge in [-0.1, -0.05) is 13.3 Å². The van der Waals surface area contributed by atoms with Gasteiger partial charge in [-0.15, -0.1) is 0 Å². The molecule has 0 spiro atoms. The van der Waals surface area contributed by atoms with Crippen molar-refractivity contribution >= 4 is 11.3 Å².